The number of ether oxygens (including phenoxy) is 2. The number of hydrogen-bond donors (Lipinski definition) is 0. The first-order valence-corrected chi connectivity index (χ1v) is 6.45. The highest BCUT2D eigenvalue weighted by molar-refractivity contribution is 5.70. The second kappa shape index (κ2) is 5.17. The van der Waals surface area contributed by atoms with Gasteiger partial charge in [-0.2, -0.15) is 0 Å². The molecule has 2 aliphatic carbocycles. The van der Waals surface area contributed by atoms with Crippen LogP contribution in [-0.2, 0) is 14.3 Å². The van der Waals surface area contributed by atoms with E-state index in [1.165, 1.54) is 39.2 Å². The van der Waals surface area contributed by atoms with Crippen LogP contribution in [0.2, 0.25) is 0 Å². The lowest BCUT2D eigenvalue weighted by Crippen LogP contribution is -2.43. The second-order valence-electron chi connectivity index (χ2n) is 5.25. The van der Waals surface area contributed by atoms with E-state index in [2.05, 4.69) is 0 Å². The monoisotopic (exact) mass is 226 g/mol. The van der Waals surface area contributed by atoms with Crippen LogP contribution < -0.4 is 0 Å². The van der Waals surface area contributed by atoms with Crippen LogP contribution in [0, 0.1) is 5.92 Å². The third kappa shape index (κ3) is 2.76. The van der Waals surface area contributed by atoms with Gasteiger partial charge in [0.05, 0.1) is 25.7 Å². The van der Waals surface area contributed by atoms with E-state index in [4.69, 9.17) is 9.47 Å². The highest BCUT2D eigenvalue weighted by atomic mass is 16.5. The van der Waals surface area contributed by atoms with Gasteiger partial charge in [-0.05, 0) is 38.0 Å². The van der Waals surface area contributed by atoms with Crippen molar-refractivity contribution in [2.45, 2.75) is 57.0 Å². The van der Waals surface area contributed by atoms with Gasteiger partial charge in [0.1, 0.15) is 0 Å². The zero-order chi connectivity index (χ0) is 11.4. The number of esters is 1. The van der Waals surface area contributed by atoms with Crippen molar-refractivity contribution in [3.63, 3.8) is 0 Å². The van der Waals surface area contributed by atoms with Crippen molar-refractivity contribution in [3.05, 3.63) is 0 Å². The molecule has 0 aromatic carbocycles. The molecule has 3 nitrogen and oxygen atoms in total. The number of carbonyl (C=O) groups is 1. The zero-order valence-electron chi connectivity index (χ0n) is 10.2. The molecule has 0 aliphatic heterocycles. The average molecular weight is 226 g/mol. The first-order valence-electron chi connectivity index (χ1n) is 6.45. The fourth-order valence-corrected chi connectivity index (χ4v) is 2.75. The summed E-state index contributed by atoms with van der Waals surface area (Å²) in [5.41, 5.74) is -0.171. The molecule has 0 N–H and O–H groups in total. The SMILES string of the molecule is COC(=O)CC1(OCC2CCCC2)CCC1. The standard InChI is InChI=1S/C13H22O3/c1-15-12(14)9-13(7-4-8-13)16-10-11-5-2-3-6-11/h11H,2-10H2,1H3. The molecule has 0 spiro atoms. The largest absolute Gasteiger partial charge is 0.469 e. The van der Waals surface area contributed by atoms with Gasteiger partial charge in [0.2, 0.25) is 0 Å². The Hall–Kier alpha value is -0.570. The lowest BCUT2D eigenvalue weighted by molar-refractivity contribution is -0.159. The van der Waals surface area contributed by atoms with E-state index in [0.29, 0.717) is 6.42 Å². The molecule has 0 amide bonds. The molecule has 0 aromatic rings. The number of methoxy groups -OCH3 is 1. The van der Waals surface area contributed by atoms with Gasteiger partial charge in [0.25, 0.3) is 0 Å². The summed E-state index contributed by atoms with van der Waals surface area (Å²) >= 11 is 0. The van der Waals surface area contributed by atoms with Crippen LogP contribution in [0.4, 0.5) is 0 Å². The van der Waals surface area contributed by atoms with Gasteiger partial charge in [-0.1, -0.05) is 12.8 Å². The van der Waals surface area contributed by atoms with Crippen molar-refractivity contribution < 1.29 is 14.3 Å². The first-order chi connectivity index (χ1) is 7.74. The fraction of sp³-hybridized carbons (Fsp3) is 0.923. The van der Waals surface area contributed by atoms with Crippen LogP contribution in [-0.4, -0.2) is 25.3 Å². The summed E-state index contributed by atoms with van der Waals surface area (Å²) in [7, 11) is 1.45. The van der Waals surface area contributed by atoms with Crippen LogP contribution in [0.1, 0.15) is 51.4 Å². The molecule has 16 heavy (non-hydrogen) atoms. The maximum atomic E-state index is 11.3. The molecule has 2 rings (SSSR count). The third-order valence-electron chi connectivity index (χ3n) is 4.06. The fourth-order valence-electron chi connectivity index (χ4n) is 2.75. The number of rotatable bonds is 5. The quantitative estimate of drug-likeness (QED) is 0.676. The van der Waals surface area contributed by atoms with Crippen molar-refractivity contribution in [2.75, 3.05) is 13.7 Å². The first kappa shape index (κ1) is 11.9. The Morgan fingerprint density at radius 3 is 2.44 bits per heavy atom. The molecule has 0 heterocycles. The van der Waals surface area contributed by atoms with Gasteiger partial charge < -0.3 is 9.47 Å². The topological polar surface area (TPSA) is 35.5 Å². The Labute approximate surface area is 97.5 Å². The molecule has 0 unspecified atom stereocenters. The Morgan fingerprint density at radius 2 is 1.94 bits per heavy atom. The summed E-state index contributed by atoms with van der Waals surface area (Å²) in [6.45, 7) is 0.844. The van der Waals surface area contributed by atoms with E-state index in [9.17, 15) is 4.79 Å². The molecule has 0 atom stereocenters. The Balaban J connectivity index is 1.77. The molecule has 0 bridgehead atoms. The molecule has 0 aromatic heterocycles. The van der Waals surface area contributed by atoms with Crippen molar-refractivity contribution in [2.24, 2.45) is 5.92 Å². The highest BCUT2D eigenvalue weighted by Crippen LogP contribution is 2.40. The van der Waals surface area contributed by atoms with Gasteiger partial charge in [0.15, 0.2) is 0 Å². The molecule has 3 heteroatoms. The van der Waals surface area contributed by atoms with Crippen LogP contribution in [0.25, 0.3) is 0 Å². The van der Waals surface area contributed by atoms with E-state index in [0.717, 1.165) is 25.4 Å². The van der Waals surface area contributed by atoms with Gasteiger partial charge in [-0.3, -0.25) is 4.79 Å². The molecular weight excluding hydrogens is 204 g/mol. The number of carbonyl (C=O) groups excluding carboxylic acids is 1. The summed E-state index contributed by atoms with van der Waals surface area (Å²) in [4.78, 5) is 11.3. The van der Waals surface area contributed by atoms with Crippen molar-refractivity contribution >= 4 is 5.97 Å². The Bertz CT molecular complexity index is 240. The Morgan fingerprint density at radius 1 is 1.25 bits per heavy atom. The van der Waals surface area contributed by atoms with Crippen molar-refractivity contribution in [1.82, 2.24) is 0 Å². The maximum Gasteiger partial charge on any atom is 0.308 e. The predicted molar refractivity (Wildman–Crippen MR) is 61.1 cm³/mol. The summed E-state index contributed by atoms with van der Waals surface area (Å²) in [5, 5.41) is 0. The van der Waals surface area contributed by atoms with Crippen LogP contribution >= 0.6 is 0 Å². The normalized spacial score (nSPS) is 24.1. The second-order valence-corrected chi connectivity index (χ2v) is 5.25. The minimum Gasteiger partial charge on any atom is -0.469 e. The van der Waals surface area contributed by atoms with E-state index in [1.807, 2.05) is 0 Å². The van der Waals surface area contributed by atoms with Crippen LogP contribution in [0.5, 0.6) is 0 Å². The third-order valence-corrected chi connectivity index (χ3v) is 4.06. The van der Waals surface area contributed by atoms with Crippen LogP contribution in [0.3, 0.4) is 0 Å². The van der Waals surface area contributed by atoms with Gasteiger partial charge >= 0.3 is 5.97 Å². The summed E-state index contributed by atoms with van der Waals surface area (Å²) in [6.07, 6.45) is 8.96. The Kier molecular flexibility index (Phi) is 3.85. The molecule has 0 radical (unpaired) electrons. The predicted octanol–water partition coefficient (Wildman–Crippen LogP) is 2.68. The van der Waals surface area contributed by atoms with E-state index in [-0.39, 0.29) is 11.6 Å². The maximum absolute atomic E-state index is 11.3. The van der Waals surface area contributed by atoms with Gasteiger partial charge in [-0.15, -0.1) is 0 Å². The van der Waals surface area contributed by atoms with Gasteiger partial charge in [0, 0.05) is 0 Å². The minimum atomic E-state index is -0.171. The zero-order valence-corrected chi connectivity index (χ0v) is 10.2. The number of hydrogen-bond acceptors (Lipinski definition) is 3. The summed E-state index contributed by atoms with van der Waals surface area (Å²) in [6, 6.07) is 0. The highest BCUT2D eigenvalue weighted by Gasteiger charge is 2.41. The molecule has 2 fully saturated rings. The van der Waals surface area contributed by atoms with Crippen molar-refractivity contribution in [3.8, 4) is 0 Å². The average Bonchev–Trinajstić information content (AvgIpc) is 2.74. The molecular formula is C13H22O3. The lowest BCUT2D eigenvalue weighted by Gasteiger charge is -2.41. The van der Waals surface area contributed by atoms with E-state index >= 15 is 0 Å². The summed E-state index contributed by atoms with van der Waals surface area (Å²) in [5.74, 6) is 0.598. The molecule has 2 aliphatic rings. The molecule has 0 saturated heterocycles. The van der Waals surface area contributed by atoms with E-state index in [1.54, 1.807) is 0 Å². The van der Waals surface area contributed by atoms with Gasteiger partial charge in [-0.25, -0.2) is 0 Å². The molecule has 2 saturated carbocycles. The smallest absolute Gasteiger partial charge is 0.308 e. The van der Waals surface area contributed by atoms with E-state index < -0.39 is 0 Å². The lowest BCUT2D eigenvalue weighted by atomic mass is 9.77. The minimum absolute atomic E-state index is 0.133. The summed E-state index contributed by atoms with van der Waals surface area (Å²) < 4.78 is 10.8. The molecule has 92 valence electrons. The van der Waals surface area contributed by atoms with Crippen LogP contribution in [0.15, 0.2) is 0 Å². The van der Waals surface area contributed by atoms with Crippen molar-refractivity contribution in [1.29, 1.82) is 0 Å².